The van der Waals surface area contributed by atoms with Crippen molar-refractivity contribution in [1.29, 1.82) is 0 Å². The lowest BCUT2D eigenvalue weighted by atomic mass is 9.95. The zero-order valence-electron chi connectivity index (χ0n) is 21.6. The molecule has 4 heterocycles. The van der Waals surface area contributed by atoms with Crippen LogP contribution < -0.4 is 9.80 Å². The van der Waals surface area contributed by atoms with E-state index >= 15 is 0 Å². The van der Waals surface area contributed by atoms with Gasteiger partial charge in [0.1, 0.15) is 18.2 Å². The topological polar surface area (TPSA) is 83.3 Å². The number of halogens is 5. The Morgan fingerprint density at radius 2 is 1.77 bits per heavy atom. The van der Waals surface area contributed by atoms with Crippen molar-refractivity contribution in [3.8, 4) is 0 Å². The third-order valence-corrected chi connectivity index (χ3v) is 7.19. The second-order valence-electron chi connectivity index (χ2n) is 9.83. The summed E-state index contributed by atoms with van der Waals surface area (Å²) in [6.45, 7) is 7.05. The van der Waals surface area contributed by atoms with Gasteiger partial charge in [-0.05, 0) is 32.8 Å². The van der Waals surface area contributed by atoms with Crippen LogP contribution in [0.15, 0.2) is 18.5 Å². The van der Waals surface area contributed by atoms with E-state index in [-0.39, 0.29) is 43.6 Å². The number of carbonyl (C=O) groups is 1. The Hall–Kier alpha value is -3.84. The van der Waals surface area contributed by atoms with Crippen molar-refractivity contribution < 1.29 is 26.7 Å². The zero-order valence-corrected chi connectivity index (χ0v) is 21.6. The quantitative estimate of drug-likeness (QED) is 0.461. The van der Waals surface area contributed by atoms with Crippen molar-refractivity contribution in [2.75, 3.05) is 36.0 Å². The fourth-order valence-electron chi connectivity index (χ4n) is 5.27. The molecule has 1 atom stereocenters. The van der Waals surface area contributed by atoms with E-state index in [1.165, 1.54) is 0 Å². The molecule has 0 N–H and O–H groups in total. The van der Waals surface area contributed by atoms with Gasteiger partial charge in [0, 0.05) is 56.1 Å². The molecule has 2 aliphatic heterocycles. The van der Waals surface area contributed by atoms with Crippen LogP contribution in [0.2, 0.25) is 0 Å². The predicted octanol–water partition coefficient (Wildman–Crippen LogP) is 3.28. The second-order valence-corrected chi connectivity index (χ2v) is 9.83. The highest BCUT2D eigenvalue weighted by atomic mass is 19.4. The summed E-state index contributed by atoms with van der Waals surface area (Å²) in [6, 6.07) is 0.940. The Morgan fingerprint density at radius 3 is 2.38 bits per heavy atom. The molecule has 1 aromatic carbocycles. The fourth-order valence-corrected chi connectivity index (χ4v) is 5.27. The molecule has 14 heteroatoms. The molecule has 208 valence electrons. The number of aryl methyl sites for hydroxylation is 2. The first kappa shape index (κ1) is 26.8. The first-order valence-corrected chi connectivity index (χ1v) is 12.5. The zero-order chi connectivity index (χ0) is 28.1. The van der Waals surface area contributed by atoms with Crippen molar-refractivity contribution >= 4 is 17.3 Å². The van der Waals surface area contributed by atoms with E-state index in [1.54, 1.807) is 28.3 Å². The highest BCUT2D eigenvalue weighted by molar-refractivity contribution is 5.77. The monoisotopic (exact) mass is 550 g/mol. The van der Waals surface area contributed by atoms with Gasteiger partial charge >= 0.3 is 6.18 Å². The Morgan fingerprint density at radius 1 is 1.05 bits per heavy atom. The number of amides is 1. The summed E-state index contributed by atoms with van der Waals surface area (Å²) in [5.41, 5.74) is 1.66. The molecule has 1 unspecified atom stereocenters. The molecule has 3 aromatic rings. The minimum Gasteiger partial charge on any atom is -0.367 e. The third kappa shape index (κ3) is 5.23. The van der Waals surface area contributed by atoms with Crippen molar-refractivity contribution in [3.63, 3.8) is 0 Å². The minimum atomic E-state index is -4.66. The number of hydrogen-bond donors (Lipinski definition) is 0. The van der Waals surface area contributed by atoms with Crippen LogP contribution in [-0.4, -0.2) is 67.8 Å². The van der Waals surface area contributed by atoms with Gasteiger partial charge in [0.25, 0.3) is 0 Å². The standard InChI is InChI=1S/C25H27F5N8O/c1-14-11-36(6-7-37(14)22(39)13-38-16(3)33-15(2)34-38)21-8-20(26)23(27)18-4-5-35(12-19(18)21)17-9-31-24(32-10-17)25(28,29)30/h8-10,14H,4-7,11-13H2,1-3H3. The molecule has 0 spiro atoms. The molecule has 2 aliphatic rings. The number of aromatic nitrogens is 5. The maximum atomic E-state index is 14.8. The number of hydrogen-bond acceptors (Lipinski definition) is 7. The van der Waals surface area contributed by atoms with Crippen LogP contribution in [0.3, 0.4) is 0 Å². The average molecular weight is 551 g/mol. The smallest absolute Gasteiger partial charge is 0.367 e. The Balaban J connectivity index is 1.35. The third-order valence-electron chi connectivity index (χ3n) is 7.19. The summed E-state index contributed by atoms with van der Waals surface area (Å²) in [5.74, 6) is -2.01. The van der Waals surface area contributed by atoms with E-state index in [2.05, 4.69) is 20.1 Å². The Labute approximate surface area is 221 Å². The van der Waals surface area contributed by atoms with E-state index in [4.69, 9.17) is 0 Å². The van der Waals surface area contributed by atoms with Crippen molar-refractivity contribution in [2.45, 2.75) is 52.5 Å². The number of carbonyl (C=O) groups excluding carboxylic acids is 1. The van der Waals surface area contributed by atoms with Crippen molar-refractivity contribution in [3.05, 3.63) is 58.7 Å². The van der Waals surface area contributed by atoms with Gasteiger partial charge in [-0.25, -0.2) is 28.4 Å². The molecule has 1 amide bonds. The van der Waals surface area contributed by atoms with E-state index in [0.29, 0.717) is 48.2 Å². The highest BCUT2D eigenvalue weighted by Gasteiger charge is 2.35. The molecular weight excluding hydrogens is 523 g/mol. The lowest BCUT2D eigenvalue weighted by Gasteiger charge is -2.43. The van der Waals surface area contributed by atoms with E-state index in [0.717, 1.165) is 18.5 Å². The lowest BCUT2D eigenvalue weighted by molar-refractivity contribution is -0.145. The van der Waals surface area contributed by atoms with Crippen LogP contribution >= 0.6 is 0 Å². The molecule has 0 bridgehead atoms. The van der Waals surface area contributed by atoms with E-state index in [9.17, 15) is 26.7 Å². The number of anilines is 2. The van der Waals surface area contributed by atoms with Crippen LogP contribution in [0.4, 0.5) is 33.3 Å². The normalized spacial score (nSPS) is 17.9. The molecule has 39 heavy (non-hydrogen) atoms. The molecule has 9 nitrogen and oxygen atoms in total. The second kappa shape index (κ2) is 10.0. The predicted molar refractivity (Wildman–Crippen MR) is 131 cm³/mol. The summed E-state index contributed by atoms with van der Waals surface area (Å²) >= 11 is 0. The van der Waals surface area contributed by atoms with Gasteiger partial charge in [-0.2, -0.15) is 18.3 Å². The van der Waals surface area contributed by atoms with Gasteiger partial charge in [0.05, 0.1) is 18.1 Å². The average Bonchev–Trinajstić information content (AvgIpc) is 3.21. The molecular formula is C25H27F5N8O. The summed E-state index contributed by atoms with van der Waals surface area (Å²) in [5, 5.41) is 4.25. The summed E-state index contributed by atoms with van der Waals surface area (Å²) < 4.78 is 69.7. The molecule has 0 aliphatic carbocycles. The number of nitrogens with zero attached hydrogens (tertiary/aromatic N) is 8. The molecule has 5 rings (SSSR count). The maximum absolute atomic E-state index is 14.8. The maximum Gasteiger partial charge on any atom is 0.451 e. The summed E-state index contributed by atoms with van der Waals surface area (Å²) in [7, 11) is 0. The number of benzene rings is 1. The largest absolute Gasteiger partial charge is 0.451 e. The number of piperazine rings is 1. The number of fused-ring (bicyclic) bond motifs is 1. The lowest BCUT2D eigenvalue weighted by Crippen LogP contribution is -2.55. The Bertz CT molecular complexity index is 1390. The molecule has 1 fully saturated rings. The first-order chi connectivity index (χ1) is 18.4. The van der Waals surface area contributed by atoms with Crippen LogP contribution in [0.5, 0.6) is 0 Å². The minimum absolute atomic E-state index is 0.0573. The molecule has 0 saturated carbocycles. The van der Waals surface area contributed by atoms with Crippen molar-refractivity contribution in [2.24, 2.45) is 0 Å². The van der Waals surface area contributed by atoms with E-state index in [1.807, 2.05) is 11.8 Å². The Kier molecular flexibility index (Phi) is 6.89. The van der Waals surface area contributed by atoms with Gasteiger partial charge < -0.3 is 14.7 Å². The van der Waals surface area contributed by atoms with Gasteiger partial charge in [0.2, 0.25) is 11.7 Å². The van der Waals surface area contributed by atoms with Crippen molar-refractivity contribution in [1.82, 2.24) is 29.6 Å². The van der Waals surface area contributed by atoms with Crippen LogP contribution in [0.1, 0.15) is 35.5 Å². The molecule has 1 saturated heterocycles. The SMILES string of the molecule is Cc1nc(C)n(CC(=O)N2CCN(c3cc(F)c(F)c4c3CN(c3cnc(C(F)(F)F)nc3)CC4)CC2C)n1. The summed E-state index contributed by atoms with van der Waals surface area (Å²) in [4.78, 5) is 29.5. The van der Waals surface area contributed by atoms with Gasteiger partial charge in [-0.3, -0.25) is 4.79 Å². The van der Waals surface area contributed by atoms with Crippen LogP contribution in [-0.2, 0) is 30.5 Å². The summed E-state index contributed by atoms with van der Waals surface area (Å²) in [6.07, 6.45) is -2.32. The number of alkyl halides is 3. The van der Waals surface area contributed by atoms with Crippen LogP contribution in [0, 0.1) is 25.5 Å². The number of rotatable bonds is 4. The van der Waals surface area contributed by atoms with Gasteiger partial charge in [0.15, 0.2) is 11.6 Å². The first-order valence-electron chi connectivity index (χ1n) is 12.5. The molecule has 2 aromatic heterocycles. The highest BCUT2D eigenvalue weighted by Crippen LogP contribution is 2.36. The van der Waals surface area contributed by atoms with E-state index < -0.39 is 23.6 Å². The van der Waals surface area contributed by atoms with Crippen LogP contribution in [0.25, 0.3) is 0 Å². The molecule has 0 radical (unpaired) electrons. The van der Waals surface area contributed by atoms with Gasteiger partial charge in [-0.1, -0.05) is 0 Å². The van der Waals surface area contributed by atoms with Gasteiger partial charge in [-0.15, -0.1) is 0 Å². The fraction of sp³-hybridized carbons (Fsp3) is 0.480.